The van der Waals surface area contributed by atoms with Crippen LogP contribution in [0.4, 0.5) is 0 Å². The van der Waals surface area contributed by atoms with Crippen LogP contribution < -0.4 is 5.73 Å². The third-order valence-corrected chi connectivity index (χ3v) is 2.93. The maximum Gasteiger partial charge on any atom is 0.223 e. The highest BCUT2D eigenvalue weighted by atomic mass is 16.2. The zero-order chi connectivity index (χ0) is 12.3. The Bertz CT molecular complexity index is 273. The highest BCUT2D eigenvalue weighted by Crippen LogP contribution is 2.23. The number of hydrogen-bond donors (Lipinski definition) is 1. The van der Waals surface area contributed by atoms with Crippen LogP contribution in [-0.2, 0) is 9.59 Å². The summed E-state index contributed by atoms with van der Waals surface area (Å²) in [4.78, 5) is 24.7. The summed E-state index contributed by atoms with van der Waals surface area (Å²) in [7, 11) is 0. The van der Waals surface area contributed by atoms with Crippen LogP contribution in [0.2, 0.25) is 0 Å². The molecule has 2 amide bonds. The van der Waals surface area contributed by atoms with E-state index in [4.69, 9.17) is 5.73 Å². The zero-order valence-corrected chi connectivity index (χ0v) is 10.5. The number of rotatable bonds is 2. The first-order valence-electron chi connectivity index (χ1n) is 5.87. The molecule has 1 fully saturated rings. The van der Waals surface area contributed by atoms with E-state index >= 15 is 0 Å². The number of nitrogens with zero attached hydrogens (tertiary/aromatic N) is 1. The molecule has 1 heterocycles. The monoisotopic (exact) mass is 226 g/mol. The maximum atomic E-state index is 11.9. The Labute approximate surface area is 97.2 Å². The van der Waals surface area contributed by atoms with E-state index in [1.165, 1.54) is 0 Å². The Kier molecular flexibility index (Phi) is 3.94. The van der Waals surface area contributed by atoms with E-state index in [-0.39, 0.29) is 23.1 Å². The molecule has 4 heteroatoms. The average molecular weight is 226 g/mol. The van der Waals surface area contributed by atoms with E-state index in [1.807, 2.05) is 4.90 Å². The third kappa shape index (κ3) is 3.83. The molecular formula is C12H22N2O2. The molecule has 0 atom stereocenters. The standard InChI is InChI=1S/C12H22N2O2/c1-12(2,3)8-10(15)14-6-4-9(5-7-14)11(13)16/h9H,4-8H2,1-3H3,(H2,13,16). The summed E-state index contributed by atoms with van der Waals surface area (Å²) < 4.78 is 0. The number of hydrogen-bond acceptors (Lipinski definition) is 2. The van der Waals surface area contributed by atoms with Crippen molar-refractivity contribution >= 4 is 11.8 Å². The fourth-order valence-electron chi connectivity index (χ4n) is 1.98. The van der Waals surface area contributed by atoms with Gasteiger partial charge in [0, 0.05) is 25.4 Å². The molecule has 0 aromatic carbocycles. The van der Waals surface area contributed by atoms with E-state index in [0.717, 1.165) is 0 Å². The van der Waals surface area contributed by atoms with Gasteiger partial charge in [0.25, 0.3) is 0 Å². The number of piperidine rings is 1. The number of carbonyl (C=O) groups is 2. The molecule has 0 aromatic heterocycles. The molecule has 0 bridgehead atoms. The minimum absolute atomic E-state index is 0.0254. The molecule has 0 saturated carbocycles. The van der Waals surface area contributed by atoms with Crippen molar-refractivity contribution in [2.75, 3.05) is 13.1 Å². The molecule has 92 valence electrons. The van der Waals surface area contributed by atoms with E-state index in [2.05, 4.69) is 20.8 Å². The summed E-state index contributed by atoms with van der Waals surface area (Å²) in [5.41, 5.74) is 5.27. The van der Waals surface area contributed by atoms with Crippen molar-refractivity contribution in [2.24, 2.45) is 17.1 Å². The second-order valence-corrected chi connectivity index (χ2v) is 5.79. The predicted molar refractivity (Wildman–Crippen MR) is 62.6 cm³/mol. The minimum atomic E-state index is -0.233. The molecule has 2 N–H and O–H groups in total. The van der Waals surface area contributed by atoms with Crippen molar-refractivity contribution in [2.45, 2.75) is 40.0 Å². The minimum Gasteiger partial charge on any atom is -0.369 e. The second kappa shape index (κ2) is 4.85. The van der Waals surface area contributed by atoms with E-state index in [0.29, 0.717) is 32.4 Å². The van der Waals surface area contributed by atoms with Crippen LogP contribution in [0.3, 0.4) is 0 Å². The second-order valence-electron chi connectivity index (χ2n) is 5.79. The van der Waals surface area contributed by atoms with Crippen molar-refractivity contribution in [1.29, 1.82) is 0 Å². The molecule has 0 radical (unpaired) electrons. The topological polar surface area (TPSA) is 63.4 Å². The molecule has 1 saturated heterocycles. The predicted octanol–water partition coefficient (Wildman–Crippen LogP) is 1.15. The molecular weight excluding hydrogens is 204 g/mol. The van der Waals surface area contributed by atoms with E-state index in [9.17, 15) is 9.59 Å². The Morgan fingerprint density at radius 2 is 1.75 bits per heavy atom. The summed E-state index contributed by atoms with van der Waals surface area (Å²) in [5.74, 6) is -0.0861. The Hall–Kier alpha value is -1.06. The van der Waals surface area contributed by atoms with Crippen molar-refractivity contribution in [1.82, 2.24) is 4.90 Å². The normalized spacial score (nSPS) is 18.6. The van der Waals surface area contributed by atoms with Gasteiger partial charge in [-0.1, -0.05) is 20.8 Å². The first kappa shape index (κ1) is 13.0. The summed E-state index contributed by atoms with van der Waals surface area (Å²) in [6.07, 6.45) is 1.99. The molecule has 1 aliphatic rings. The highest BCUT2D eigenvalue weighted by molar-refractivity contribution is 5.79. The fraction of sp³-hybridized carbons (Fsp3) is 0.833. The van der Waals surface area contributed by atoms with Gasteiger partial charge < -0.3 is 10.6 Å². The van der Waals surface area contributed by atoms with Crippen LogP contribution in [0, 0.1) is 11.3 Å². The van der Waals surface area contributed by atoms with Gasteiger partial charge in [0.15, 0.2) is 0 Å². The SMILES string of the molecule is CC(C)(C)CC(=O)N1CCC(C(N)=O)CC1. The lowest BCUT2D eigenvalue weighted by molar-refractivity contribution is -0.136. The molecule has 0 unspecified atom stereocenters. The molecule has 1 aliphatic heterocycles. The molecule has 0 spiro atoms. The Morgan fingerprint density at radius 1 is 1.25 bits per heavy atom. The van der Waals surface area contributed by atoms with Gasteiger partial charge in [0.2, 0.25) is 11.8 Å². The van der Waals surface area contributed by atoms with Crippen LogP contribution in [0.15, 0.2) is 0 Å². The van der Waals surface area contributed by atoms with Crippen LogP contribution in [-0.4, -0.2) is 29.8 Å². The van der Waals surface area contributed by atoms with Gasteiger partial charge in [-0.25, -0.2) is 0 Å². The first-order valence-corrected chi connectivity index (χ1v) is 5.87. The lowest BCUT2D eigenvalue weighted by atomic mass is 9.90. The number of primary amides is 1. The van der Waals surface area contributed by atoms with Gasteiger partial charge in [0.05, 0.1) is 0 Å². The van der Waals surface area contributed by atoms with Gasteiger partial charge in [-0.05, 0) is 18.3 Å². The van der Waals surface area contributed by atoms with Gasteiger partial charge in [-0.15, -0.1) is 0 Å². The summed E-state index contributed by atoms with van der Waals surface area (Å²) in [5, 5.41) is 0. The van der Waals surface area contributed by atoms with Crippen LogP contribution in [0.5, 0.6) is 0 Å². The molecule has 0 aromatic rings. The van der Waals surface area contributed by atoms with Gasteiger partial charge in [-0.2, -0.15) is 0 Å². The molecule has 0 aliphatic carbocycles. The summed E-state index contributed by atoms with van der Waals surface area (Å²) >= 11 is 0. The lowest BCUT2D eigenvalue weighted by Crippen LogP contribution is -2.42. The number of likely N-dealkylation sites (tertiary alicyclic amines) is 1. The van der Waals surface area contributed by atoms with Gasteiger partial charge in [0.1, 0.15) is 0 Å². The highest BCUT2D eigenvalue weighted by Gasteiger charge is 2.27. The Morgan fingerprint density at radius 3 is 2.12 bits per heavy atom. The van der Waals surface area contributed by atoms with Crippen molar-refractivity contribution < 1.29 is 9.59 Å². The van der Waals surface area contributed by atoms with Crippen molar-refractivity contribution in [3.05, 3.63) is 0 Å². The maximum absolute atomic E-state index is 11.9. The molecule has 1 rings (SSSR count). The van der Waals surface area contributed by atoms with Crippen molar-refractivity contribution in [3.63, 3.8) is 0 Å². The van der Waals surface area contributed by atoms with Crippen molar-refractivity contribution in [3.8, 4) is 0 Å². The molecule has 16 heavy (non-hydrogen) atoms. The van der Waals surface area contributed by atoms with Crippen LogP contribution >= 0.6 is 0 Å². The van der Waals surface area contributed by atoms with E-state index < -0.39 is 0 Å². The van der Waals surface area contributed by atoms with E-state index in [1.54, 1.807) is 0 Å². The molecule has 4 nitrogen and oxygen atoms in total. The summed E-state index contributed by atoms with van der Waals surface area (Å²) in [6.45, 7) is 7.51. The smallest absolute Gasteiger partial charge is 0.223 e. The number of nitrogens with two attached hydrogens (primary N) is 1. The first-order chi connectivity index (χ1) is 7.29. The van der Waals surface area contributed by atoms with Crippen LogP contribution in [0.25, 0.3) is 0 Å². The lowest BCUT2D eigenvalue weighted by Gasteiger charge is -2.32. The quantitative estimate of drug-likeness (QED) is 0.767. The van der Waals surface area contributed by atoms with Crippen LogP contribution in [0.1, 0.15) is 40.0 Å². The number of carbonyl (C=O) groups excluding carboxylic acids is 2. The summed E-state index contributed by atoms with van der Waals surface area (Å²) in [6, 6.07) is 0. The zero-order valence-electron chi connectivity index (χ0n) is 10.5. The van der Waals surface area contributed by atoms with Gasteiger partial charge >= 0.3 is 0 Å². The fourth-order valence-corrected chi connectivity index (χ4v) is 1.98. The Balaban J connectivity index is 2.42. The van der Waals surface area contributed by atoms with Gasteiger partial charge in [-0.3, -0.25) is 9.59 Å². The number of amides is 2. The largest absolute Gasteiger partial charge is 0.369 e. The average Bonchev–Trinajstić information content (AvgIpc) is 2.15. The third-order valence-electron chi connectivity index (χ3n) is 2.93.